The smallest absolute Gasteiger partial charge is 0.123 e. The summed E-state index contributed by atoms with van der Waals surface area (Å²) in [5.41, 5.74) is 3.17. The van der Waals surface area contributed by atoms with Crippen LogP contribution in [0.25, 0.3) is 22.0 Å². The zero-order chi connectivity index (χ0) is 19.3. The van der Waals surface area contributed by atoms with Crippen LogP contribution in [0.5, 0.6) is 11.5 Å². The number of aliphatic hydroxyl groups is 1. The van der Waals surface area contributed by atoms with Crippen LogP contribution in [-0.4, -0.2) is 67.7 Å². The molecule has 0 bridgehead atoms. The molecular formula is C22H26N2O4. The fraction of sp³-hybridized carbons (Fsp3) is 0.364. The van der Waals surface area contributed by atoms with E-state index >= 15 is 0 Å². The van der Waals surface area contributed by atoms with Crippen molar-refractivity contribution in [2.45, 2.75) is 6.10 Å². The number of methoxy groups -OCH3 is 1. The second-order valence-corrected chi connectivity index (χ2v) is 7.05. The maximum absolute atomic E-state index is 10.3. The van der Waals surface area contributed by atoms with E-state index in [0.29, 0.717) is 12.3 Å². The second-order valence-electron chi connectivity index (χ2n) is 7.05. The average molecular weight is 382 g/mol. The van der Waals surface area contributed by atoms with Gasteiger partial charge in [-0.15, -0.1) is 0 Å². The van der Waals surface area contributed by atoms with E-state index in [1.807, 2.05) is 24.4 Å². The Morgan fingerprint density at radius 1 is 1.07 bits per heavy atom. The van der Waals surface area contributed by atoms with E-state index in [1.165, 1.54) is 5.39 Å². The topological polar surface area (TPSA) is 66.9 Å². The van der Waals surface area contributed by atoms with E-state index in [-0.39, 0.29) is 6.61 Å². The molecule has 1 atom stereocenters. The van der Waals surface area contributed by atoms with Gasteiger partial charge in [0, 0.05) is 37.4 Å². The number of aromatic amines is 1. The lowest BCUT2D eigenvalue weighted by Crippen LogP contribution is -2.42. The standard InChI is InChI=1S/C22H26N2O4/c1-26-20-10-18(17-3-2-16-4-5-23-22(16)12-17)11-21(13-20)28-15-19(25)14-24-6-8-27-9-7-24/h2-5,10-13,19,23,25H,6-9,14-15H2,1H3. The second kappa shape index (κ2) is 8.65. The Labute approximate surface area is 164 Å². The number of fused-ring (bicyclic) bond motifs is 1. The monoisotopic (exact) mass is 382 g/mol. The Bertz CT molecular complexity index is 918. The van der Waals surface area contributed by atoms with Crippen molar-refractivity contribution in [3.05, 3.63) is 48.7 Å². The SMILES string of the molecule is COc1cc(OCC(O)CN2CCOCC2)cc(-c2ccc3cc[nH]c3c2)c1. The van der Waals surface area contributed by atoms with Gasteiger partial charge in [-0.3, -0.25) is 4.90 Å². The van der Waals surface area contributed by atoms with Crippen molar-refractivity contribution >= 4 is 10.9 Å². The van der Waals surface area contributed by atoms with Crippen LogP contribution in [0.15, 0.2) is 48.7 Å². The summed E-state index contributed by atoms with van der Waals surface area (Å²) in [6.07, 6.45) is 1.38. The summed E-state index contributed by atoms with van der Waals surface area (Å²) in [4.78, 5) is 5.44. The van der Waals surface area contributed by atoms with Crippen molar-refractivity contribution < 1.29 is 19.3 Å². The first-order chi connectivity index (χ1) is 13.7. The predicted octanol–water partition coefficient (Wildman–Crippen LogP) is 2.92. The number of aromatic nitrogens is 1. The molecule has 3 aromatic rings. The summed E-state index contributed by atoms with van der Waals surface area (Å²) in [6, 6.07) is 14.2. The summed E-state index contributed by atoms with van der Waals surface area (Å²) in [6.45, 7) is 3.96. The summed E-state index contributed by atoms with van der Waals surface area (Å²) in [5.74, 6) is 1.41. The van der Waals surface area contributed by atoms with Gasteiger partial charge in [-0.1, -0.05) is 12.1 Å². The number of rotatable bonds is 7. The molecule has 0 aliphatic carbocycles. The van der Waals surface area contributed by atoms with Gasteiger partial charge in [0.05, 0.1) is 20.3 Å². The number of benzene rings is 2. The van der Waals surface area contributed by atoms with Crippen molar-refractivity contribution in [1.29, 1.82) is 0 Å². The number of morpholine rings is 1. The van der Waals surface area contributed by atoms with Crippen LogP contribution in [0.2, 0.25) is 0 Å². The third-order valence-corrected chi connectivity index (χ3v) is 5.02. The van der Waals surface area contributed by atoms with Gasteiger partial charge >= 0.3 is 0 Å². The highest BCUT2D eigenvalue weighted by Crippen LogP contribution is 2.31. The van der Waals surface area contributed by atoms with Gasteiger partial charge in [0.25, 0.3) is 0 Å². The summed E-state index contributed by atoms with van der Waals surface area (Å²) in [5, 5.41) is 11.5. The molecule has 6 nitrogen and oxygen atoms in total. The lowest BCUT2D eigenvalue weighted by molar-refractivity contribution is 0.00464. The van der Waals surface area contributed by atoms with E-state index in [9.17, 15) is 5.11 Å². The highest BCUT2D eigenvalue weighted by Gasteiger charge is 2.16. The van der Waals surface area contributed by atoms with Crippen molar-refractivity contribution in [3.8, 4) is 22.6 Å². The normalized spacial score (nSPS) is 16.2. The molecule has 1 fully saturated rings. The Morgan fingerprint density at radius 2 is 1.89 bits per heavy atom. The molecule has 0 radical (unpaired) electrons. The summed E-state index contributed by atoms with van der Waals surface area (Å²) < 4.78 is 16.7. The number of nitrogens with zero attached hydrogens (tertiary/aromatic N) is 1. The fourth-order valence-corrected chi connectivity index (χ4v) is 3.49. The first-order valence-electron chi connectivity index (χ1n) is 9.59. The molecule has 1 unspecified atom stereocenters. The van der Waals surface area contributed by atoms with E-state index in [1.54, 1.807) is 7.11 Å². The first-order valence-corrected chi connectivity index (χ1v) is 9.59. The van der Waals surface area contributed by atoms with Gasteiger partial charge in [-0.05, 0) is 40.8 Å². The minimum Gasteiger partial charge on any atom is -0.497 e. The quantitative estimate of drug-likeness (QED) is 0.658. The molecule has 0 spiro atoms. The summed E-state index contributed by atoms with van der Waals surface area (Å²) >= 11 is 0. The van der Waals surface area contributed by atoms with E-state index in [2.05, 4.69) is 34.1 Å². The van der Waals surface area contributed by atoms with Crippen molar-refractivity contribution in [2.24, 2.45) is 0 Å². The van der Waals surface area contributed by atoms with Crippen LogP contribution in [0, 0.1) is 0 Å². The minimum atomic E-state index is -0.553. The van der Waals surface area contributed by atoms with Crippen LogP contribution in [0.3, 0.4) is 0 Å². The van der Waals surface area contributed by atoms with Gasteiger partial charge < -0.3 is 24.3 Å². The Hall–Kier alpha value is -2.54. The Balaban J connectivity index is 1.46. The van der Waals surface area contributed by atoms with Crippen LogP contribution in [-0.2, 0) is 4.74 Å². The highest BCUT2D eigenvalue weighted by molar-refractivity contribution is 5.85. The first kappa shape index (κ1) is 18.8. The zero-order valence-corrected chi connectivity index (χ0v) is 16.1. The van der Waals surface area contributed by atoms with Crippen LogP contribution in [0.1, 0.15) is 0 Å². The van der Waals surface area contributed by atoms with Crippen LogP contribution < -0.4 is 9.47 Å². The number of aliphatic hydroxyl groups excluding tert-OH is 1. The van der Waals surface area contributed by atoms with Crippen molar-refractivity contribution in [1.82, 2.24) is 9.88 Å². The summed E-state index contributed by atoms with van der Waals surface area (Å²) in [7, 11) is 1.64. The van der Waals surface area contributed by atoms with E-state index in [0.717, 1.165) is 48.7 Å². The third-order valence-electron chi connectivity index (χ3n) is 5.02. The molecule has 1 aliphatic rings. The van der Waals surface area contributed by atoms with Crippen LogP contribution >= 0.6 is 0 Å². The number of hydrogen-bond donors (Lipinski definition) is 2. The Morgan fingerprint density at radius 3 is 2.71 bits per heavy atom. The van der Waals surface area contributed by atoms with E-state index < -0.39 is 6.10 Å². The molecule has 4 rings (SSSR count). The van der Waals surface area contributed by atoms with Crippen molar-refractivity contribution in [3.63, 3.8) is 0 Å². The molecule has 2 heterocycles. The third kappa shape index (κ3) is 4.47. The van der Waals surface area contributed by atoms with Gasteiger partial charge in [-0.25, -0.2) is 0 Å². The average Bonchev–Trinajstić information content (AvgIpc) is 3.20. The molecule has 2 aromatic carbocycles. The molecule has 1 saturated heterocycles. The molecule has 148 valence electrons. The number of nitrogens with one attached hydrogen (secondary N) is 1. The minimum absolute atomic E-state index is 0.236. The van der Waals surface area contributed by atoms with Crippen molar-refractivity contribution in [2.75, 3.05) is 46.6 Å². The predicted molar refractivity (Wildman–Crippen MR) is 109 cm³/mol. The molecule has 1 aromatic heterocycles. The molecule has 28 heavy (non-hydrogen) atoms. The molecule has 0 saturated carbocycles. The van der Waals surface area contributed by atoms with Gasteiger partial charge in [-0.2, -0.15) is 0 Å². The molecule has 6 heteroatoms. The number of H-pyrrole nitrogens is 1. The molecule has 1 aliphatic heterocycles. The fourth-order valence-electron chi connectivity index (χ4n) is 3.49. The molecular weight excluding hydrogens is 356 g/mol. The lowest BCUT2D eigenvalue weighted by Gasteiger charge is -2.28. The van der Waals surface area contributed by atoms with Gasteiger partial charge in [0.2, 0.25) is 0 Å². The number of ether oxygens (including phenoxy) is 3. The maximum Gasteiger partial charge on any atom is 0.123 e. The lowest BCUT2D eigenvalue weighted by atomic mass is 10.0. The Kier molecular flexibility index (Phi) is 5.81. The maximum atomic E-state index is 10.3. The molecule has 2 N–H and O–H groups in total. The van der Waals surface area contributed by atoms with Gasteiger partial charge in [0.1, 0.15) is 24.2 Å². The highest BCUT2D eigenvalue weighted by atomic mass is 16.5. The molecule has 0 amide bonds. The largest absolute Gasteiger partial charge is 0.497 e. The zero-order valence-electron chi connectivity index (χ0n) is 16.1. The van der Waals surface area contributed by atoms with E-state index in [4.69, 9.17) is 14.2 Å². The van der Waals surface area contributed by atoms with Gasteiger partial charge in [0.15, 0.2) is 0 Å². The van der Waals surface area contributed by atoms with Crippen LogP contribution in [0.4, 0.5) is 0 Å². The number of β-amino-alcohol motifs (C(OH)–C–C–N with tert-alkyl or cyclic N) is 1. The number of hydrogen-bond acceptors (Lipinski definition) is 5.